The minimum absolute atomic E-state index is 0.451. The number of nitrogens with two attached hydrogens (primary N) is 2. The lowest BCUT2D eigenvalue weighted by Gasteiger charge is -2.01. The van der Waals surface area contributed by atoms with Crippen LogP contribution >= 0.6 is 0 Å². The van der Waals surface area contributed by atoms with Gasteiger partial charge < -0.3 is 15.9 Å². The van der Waals surface area contributed by atoms with Gasteiger partial charge in [0.15, 0.2) is 11.6 Å². The van der Waals surface area contributed by atoms with Gasteiger partial charge in [-0.15, -0.1) is 0 Å². The lowest BCUT2D eigenvalue weighted by Crippen LogP contribution is -2.12. The molecule has 0 atom stereocenters. The third-order valence-corrected chi connectivity index (χ3v) is 3.38. The highest BCUT2D eigenvalue weighted by atomic mass is 16.3. The van der Waals surface area contributed by atoms with Crippen LogP contribution in [-0.2, 0) is 0 Å². The molecule has 0 radical (unpaired) electrons. The van der Waals surface area contributed by atoms with E-state index in [1.54, 1.807) is 0 Å². The maximum atomic E-state index is 5.96. The van der Waals surface area contributed by atoms with Gasteiger partial charge in [-0.3, -0.25) is 4.99 Å². The summed E-state index contributed by atoms with van der Waals surface area (Å²) in [6, 6.07) is 11.3. The number of amidine groups is 1. The van der Waals surface area contributed by atoms with Gasteiger partial charge in [-0.25, -0.2) is 0 Å². The van der Waals surface area contributed by atoms with Crippen molar-refractivity contribution in [3.05, 3.63) is 42.2 Å². The van der Waals surface area contributed by atoms with Crippen molar-refractivity contribution < 1.29 is 4.42 Å². The van der Waals surface area contributed by atoms with E-state index in [1.807, 2.05) is 36.4 Å². The van der Waals surface area contributed by atoms with Gasteiger partial charge in [0.2, 0.25) is 0 Å². The first kappa shape index (κ1) is 15.2. The monoisotopic (exact) mass is 285 g/mol. The number of aliphatic imine (C=N–C) groups is 1. The van der Waals surface area contributed by atoms with Crippen molar-refractivity contribution in [1.29, 1.82) is 0 Å². The molecular weight excluding hydrogens is 262 g/mol. The topological polar surface area (TPSA) is 77.5 Å². The van der Waals surface area contributed by atoms with Crippen LogP contribution in [0.15, 0.2) is 45.8 Å². The quantitative estimate of drug-likeness (QED) is 0.351. The summed E-state index contributed by atoms with van der Waals surface area (Å²) in [5.41, 5.74) is 13.5. The number of para-hydroxylation sites is 1. The van der Waals surface area contributed by atoms with Crippen LogP contribution in [0.3, 0.4) is 0 Å². The normalized spacial score (nSPS) is 11.8. The first-order valence-electron chi connectivity index (χ1n) is 7.47. The van der Waals surface area contributed by atoms with Crippen molar-refractivity contribution in [3.63, 3.8) is 0 Å². The average Bonchev–Trinajstić information content (AvgIpc) is 2.97. The van der Waals surface area contributed by atoms with E-state index in [0.29, 0.717) is 23.0 Å². The Bertz CT molecular complexity index is 602. The standard InChI is InChI=1S/C17H23N3O/c1-2-3-4-7-12-20-17(19)16-11-10-15(21-16)13-8-5-6-9-14(13)18/h5-6,8-11H,2-4,7,12,18H2,1H3,(H2,19,20). The molecule has 0 aliphatic carbocycles. The number of hydrogen-bond acceptors (Lipinski definition) is 3. The predicted octanol–water partition coefficient (Wildman–Crippen LogP) is 3.81. The number of furan rings is 1. The van der Waals surface area contributed by atoms with Gasteiger partial charge in [-0.05, 0) is 30.7 Å². The Hall–Kier alpha value is -2.23. The number of benzene rings is 1. The van der Waals surface area contributed by atoms with Crippen LogP contribution in [0.1, 0.15) is 38.4 Å². The van der Waals surface area contributed by atoms with E-state index in [4.69, 9.17) is 15.9 Å². The molecule has 0 saturated carbocycles. The number of nitrogens with zero attached hydrogens (tertiary/aromatic N) is 1. The summed E-state index contributed by atoms with van der Waals surface area (Å²) in [7, 11) is 0. The van der Waals surface area contributed by atoms with E-state index in [9.17, 15) is 0 Å². The molecule has 2 aromatic rings. The van der Waals surface area contributed by atoms with Gasteiger partial charge in [-0.2, -0.15) is 0 Å². The first-order valence-corrected chi connectivity index (χ1v) is 7.47. The maximum Gasteiger partial charge on any atom is 0.169 e. The van der Waals surface area contributed by atoms with E-state index in [0.717, 1.165) is 18.5 Å². The summed E-state index contributed by atoms with van der Waals surface area (Å²) >= 11 is 0. The second-order valence-corrected chi connectivity index (χ2v) is 5.08. The van der Waals surface area contributed by atoms with Crippen molar-refractivity contribution in [3.8, 4) is 11.3 Å². The zero-order valence-electron chi connectivity index (χ0n) is 12.5. The molecule has 1 aromatic heterocycles. The highest BCUT2D eigenvalue weighted by Gasteiger charge is 2.09. The number of hydrogen-bond donors (Lipinski definition) is 2. The lowest BCUT2D eigenvalue weighted by molar-refractivity contribution is 0.570. The number of anilines is 1. The SMILES string of the molecule is CCCCCCN=C(N)c1ccc(-c2ccccc2N)o1. The van der Waals surface area contributed by atoms with E-state index < -0.39 is 0 Å². The van der Waals surface area contributed by atoms with Gasteiger partial charge >= 0.3 is 0 Å². The molecule has 0 spiro atoms. The van der Waals surface area contributed by atoms with Crippen molar-refractivity contribution in [2.24, 2.45) is 10.7 Å². The minimum Gasteiger partial charge on any atom is -0.453 e. The van der Waals surface area contributed by atoms with E-state index in [1.165, 1.54) is 19.3 Å². The van der Waals surface area contributed by atoms with Gasteiger partial charge in [-0.1, -0.05) is 38.3 Å². The average molecular weight is 285 g/mol. The number of rotatable bonds is 7. The first-order chi connectivity index (χ1) is 10.2. The van der Waals surface area contributed by atoms with Gasteiger partial charge in [0, 0.05) is 17.8 Å². The molecule has 0 amide bonds. The smallest absolute Gasteiger partial charge is 0.169 e. The van der Waals surface area contributed by atoms with E-state index in [2.05, 4.69) is 11.9 Å². The molecule has 0 aliphatic rings. The largest absolute Gasteiger partial charge is 0.453 e. The Morgan fingerprint density at radius 1 is 1.10 bits per heavy atom. The number of unbranched alkanes of at least 4 members (excludes halogenated alkanes) is 3. The molecule has 4 heteroatoms. The second kappa shape index (κ2) is 7.53. The summed E-state index contributed by atoms with van der Waals surface area (Å²) in [6.07, 6.45) is 4.72. The van der Waals surface area contributed by atoms with Crippen molar-refractivity contribution in [2.45, 2.75) is 32.6 Å². The summed E-state index contributed by atoms with van der Waals surface area (Å²) in [6.45, 7) is 2.94. The zero-order chi connectivity index (χ0) is 15.1. The molecule has 0 unspecified atom stereocenters. The molecule has 1 heterocycles. The Morgan fingerprint density at radius 3 is 2.67 bits per heavy atom. The van der Waals surface area contributed by atoms with E-state index in [-0.39, 0.29) is 0 Å². The summed E-state index contributed by atoms with van der Waals surface area (Å²) < 4.78 is 5.75. The van der Waals surface area contributed by atoms with Gasteiger partial charge in [0.1, 0.15) is 5.76 Å². The van der Waals surface area contributed by atoms with Crippen LogP contribution < -0.4 is 11.5 Å². The minimum atomic E-state index is 0.451. The summed E-state index contributed by atoms with van der Waals surface area (Å²) in [5.74, 6) is 1.77. The van der Waals surface area contributed by atoms with Gasteiger partial charge in [0.25, 0.3) is 0 Å². The molecule has 0 fully saturated rings. The predicted molar refractivity (Wildman–Crippen MR) is 88.3 cm³/mol. The van der Waals surface area contributed by atoms with Crippen LogP contribution in [0.4, 0.5) is 5.69 Å². The summed E-state index contributed by atoms with van der Waals surface area (Å²) in [4.78, 5) is 4.37. The molecule has 1 aromatic carbocycles. The highest BCUT2D eigenvalue weighted by molar-refractivity contribution is 5.95. The maximum absolute atomic E-state index is 5.96. The fourth-order valence-electron chi connectivity index (χ4n) is 2.16. The second-order valence-electron chi connectivity index (χ2n) is 5.08. The Morgan fingerprint density at radius 2 is 1.90 bits per heavy atom. The van der Waals surface area contributed by atoms with Crippen LogP contribution in [0.2, 0.25) is 0 Å². The summed E-state index contributed by atoms with van der Waals surface area (Å²) in [5, 5.41) is 0. The molecule has 2 rings (SSSR count). The van der Waals surface area contributed by atoms with Gasteiger partial charge in [0.05, 0.1) is 0 Å². The fraction of sp³-hybridized carbons (Fsp3) is 0.353. The molecule has 0 aliphatic heterocycles. The molecule has 0 saturated heterocycles. The number of nitrogen functional groups attached to an aromatic ring is 1. The Labute approximate surface area is 125 Å². The molecular formula is C17H23N3O. The lowest BCUT2D eigenvalue weighted by atomic mass is 10.1. The highest BCUT2D eigenvalue weighted by Crippen LogP contribution is 2.27. The molecule has 4 N–H and O–H groups in total. The van der Waals surface area contributed by atoms with Crippen LogP contribution in [0, 0.1) is 0 Å². The zero-order valence-corrected chi connectivity index (χ0v) is 12.5. The van der Waals surface area contributed by atoms with Crippen molar-refractivity contribution in [2.75, 3.05) is 12.3 Å². The molecule has 4 nitrogen and oxygen atoms in total. The Balaban J connectivity index is 2.02. The Kier molecular flexibility index (Phi) is 5.43. The van der Waals surface area contributed by atoms with Crippen LogP contribution in [0.25, 0.3) is 11.3 Å². The third-order valence-electron chi connectivity index (χ3n) is 3.38. The van der Waals surface area contributed by atoms with Crippen LogP contribution in [0.5, 0.6) is 0 Å². The van der Waals surface area contributed by atoms with Crippen molar-refractivity contribution >= 4 is 11.5 Å². The molecule has 0 bridgehead atoms. The van der Waals surface area contributed by atoms with Crippen molar-refractivity contribution in [1.82, 2.24) is 0 Å². The third kappa shape index (κ3) is 4.12. The molecule has 21 heavy (non-hydrogen) atoms. The van der Waals surface area contributed by atoms with Crippen LogP contribution in [-0.4, -0.2) is 12.4 Å². The molecule has 112 valence electrons. The fourth-order valence-corrected chi connectivity index (χ4v) is 2.16. The van der Waals surface area contributed by atoms with E-state index >= 15 is 0 Å².